The van der Waals surface area contributed by atoms with Crippen molar-refractivity contribution in [2.75, 3.05) is 14.2 Å². The third-order valence-corrected chi connectivity index (χ3v) is 5.83. The number of hydrogen-bond donors (Lipinski definition) is 0. The molecule has 32 heavy (non-hydrogen) atoms. The molecule has 0 bridgehead atoms. The van der Waals surface area contributed by atoms with E-state index < -0.39 is 17.7 Å². The van der Waals surface area contributed by atoms with Gasteiger partial charge in [0.1, 0.15) is 11.4 Å². The number of benzene rings is 1. The van der Waals surface area contributed by atoms with Crippen LogP contribution in [0, 0.1) is 20.8 Å². The predicted octanol–water partition coefficient (Wildman–Crippen LogP) is 5.69. The van der Waals surface area contributed by atoms with Gasteiger partial charge in [0.15, 0.2) is 6.10 Å². The minimum atomic E-state index is -0.904. The van der Waals surface area contributed by atoms with Gasteiger partial charge in [0.25, 0.3) is 0 Å². The van der Waals surface area contributed by atoms with Gasteiger partial charge in [-0.25, -0.2) is 9.78 Å². The fourth-order valence-corrected chi connectivity index (χ4v) is 4.25. The summed E-state index contributed by atoms with van der Waals surface area (Å²) in [5, 5.41) is 1.03. The molecule has 1 unspecified atom stereocenters. The van der Waals surface area contributed by atoms with Gasteiger partial charge in [-0.3, -0.25) is 0 Å². The maximum absolute atomic E-state index is 13.0. The number of nitrogens with zero attached hydrogens (tertiary/aromatic N) is 2. The highest BCUT2D eigenvalue weighted by atomic mass is 16.6. The number of methoxy groups -OCH3 is 2. The Kier molecular flexibility index (Phi) is 6.65. The molecule has 3 rings (SSSR count). The minimum absolute atomic E-state index is 0.441. The standard InChI is InChI=1S/C26H34N2O4/c1-10-28-17(4)15(2)20-22(18-11-13-19(30-8)14-12-18)21(16(3)27-24(20)28)23(25(29)31-9)32-26(5,6)7/h11-14,23H,10H2,1-9H3. The van der Waals surface area contributed by atoms with Crippen molar-refractivity contribution < 1.29 is 19.0 Å². The van der Waals surface area contributed by atoms with Crippen LogP contribution in [-0.4, -0.2) is 35.3 Å². The van der Waals surface area contributed by atoms with Crippen molar-refractivity contribution in [3.05, 3.63) is 46.8 Å². The molecule has 2 aromatic heterocycles. The summed E-state index contributed by atoms with van der Waals surface area (Å²) in [4.78, 5) is 17.9. The Hall–Kier alpha value is -2.86. The molecule has 1 aromatic carbocycles. The predicted molar refractivity (Wildman–Crippen MR) is 127 cm³/mol. The monoisotopic (exact) mass is 438 g/mol. The Bertz CT molecular complexity index is 1140. The van der Waals surface area contributed by atoms with Crippen LogP contribution in [-0.2, 0) is 20.8 Å². The minimum Gasteiger partial charge on any atom is -0.497 e. The summed E-state index contributed by atoms with van der Waals surface area (Å²) < 4.78 is 19.0. The zero-order valence-electron chi connectivity index (χ0n) is 20.6. The number of hydrogen-bond acceptors (Lipinski definition) is 5. The van der Waals surface area contributed by atoms with Crippen molar-refractivity contribution in [2.24, 2.45) is 0 Å². The highest BCUT2D eigenvalue weighted by Gasteiger charge is 2.34. The fraction of sp³-hybridized carbons (Fsp3) is 0.462. The fourth-order valence-electron chi connectivity index (χ4n) is 4.25. The van der Waals surface area contributed by atoms with E-state index in [4.69, 9.17) is 19.2 Å². The zero-order valence-corrected chi connectivity index (χ0v) is 20.6. The molecule has 3 aromatic rings. The normalized spacial score (nSPS) is 12.8. The van der Waals surface area contributed by atoms with Crippen LogP contribution >= 0.6 is 0 Å². The summed E-state index contributed by atoms with van der Waals surface area (Å²) in [5.41, 5.74) is 6.05. The average molecular weight is 439 g/mol. The quantitative estimate of drug-likeness (QED) is 0.463. The van der Waals surface area contributed by atoms with Crippen LogP contribution in [0.1, 0.15) is 56.3 Å². The summed E-state index contributed by atoms with van der Waals surface area (Å²) in [6.45, 7) is 14.9. The second kappa shape index (κ2) is 8.94. The van der Waals surface area contributed by atoms with E-state index in [0.717, 1.165) is 57.0 Å². The molecule has 0 radical (unpaired) electrons. The lowest BCUT2D eigenvalue weighted by molar-refractivity contribution is -0.164. The van der Waals surface area contributed by atoms with Gasteiger partial charge in [-0.2, -0.15) is 0 Å². The number of carbonyl (C=O) groups excluding carboxylic acids is 1. The Labute approximate surface area is 190 Å². The van der Waals surface area contributed by atoms with E-state index in [9.17, 15) is 4.79 Å². The van der Waals surface area contributed by atoms with E-state index in [1.807, 2.05) is 52.0 Å². The average Bonchev–Trinajstić information content (AvgIpc) is 2.99. The summed E-state index contributed by atoms with van der Waals surface area (Å²) in [5.74, 6) is 0.329. The maximum atomic E-state index is 13.0. The van der Waals surface area contributed by atoms with Crippen LogP contribution in [0.2, 0.25) is 0 Å². The van der Waals surface area contributed by atoms with Crippen LogP contribution in [0.15, 0.2) is 24.3 Å². The van der Waals surface area contributed by atoms with E-state index in [1.54, 1.807) is 7.11 Å². The highest BCUT2D eigenvalue weighted by Crippen LogP contribution is 2.42. The first kappa shape index (κ1) is 23.8. The molecule has 6 nitrogen and oxygen atoms in total. The SMILES string of the molecule is CCn1c(C)c(C)c2c(-c3ccc(OC)cc3)c(C(OC(C)(C)C)C(=O)OC)c(C)nc21. The lowest BCUT2D eigenvalue weighted by Crippen LogP contribution is -2.29. The van der Waals surface area contributed by atoms with Crippen LogP contribution in [0.5, 0.6) is 5.75 Å². The number of esters is 1. The topological polar surface area (TPSA) is 62.6 Å². The molecule has 6 heteroatoms. The molecule has 0 saturated heterocycles. The van der Waals surface area contributed by atoms with Crippen molar-refractivity contribution in [2.45, 2.75) is 66.7 Å². The largest absolute Gasteiger partial charge is 0.497 e. The third kappa shape index (κ3) is 4.24. The first-order valence-electron chi connectivity index (χ1n) is 10.9. The van der Waals surface area contributed by atoms with Gasteiger partial charge in [-0.05, 0) is 71.7 Å². The van der Waals surface area contributed by atoms with Gasteiger partial charge in [-0.15, -0.1) is 0 Å². The van der Waals surface area contributed by atoms with Crippen molar-refractivity contribution >= 4 is 17.0 Å². The van der Waals surface area contributed by atoms with Crippen molar-refractivity contribution in [3.8, 4) is 16.9 Å². The molecule has 1 atom stereocenters. The molecule has 0 N–H and O–H groups in total. The highest BCUT2D eigenvalue weighted by molar-refractivity contribution is 6.00. The summed E-state index contributed by atoms with van der Waals surface area (Å²) in [7, 11) is 3.03. The van der Waals surface area contributed by atoms with Gasteiger partial charge >= 0.3 is 5.97 Å². The first-order chi connectivity index (χ1) is 15.0. The van der Waals surface area contributed by atoms with Crippen molar-refractivity contribution in [3.63, 3.8) is 0 Å². The Morgan fingerprint density at radius 3 is 2.22 bits per heavy atom. The van der Waals surface area contributed by atoms with Gasteiger partial charge in [-0.1, -0.05) is 12.1 Å². The van der Waals surface area contributed by atoms with E-state index >= 15 is 0 Å². The molecule has 2 heterocycles. The van der Waals surface area contributed by atoms with Crippen molar-refractivity contribution in [1.82, 2.24) is 9.55 Å². The Morgan fingerprint density at radius 2 is 1.72 bits per heavy atom. The number of carbonyl (C=O) groups is 1. The Balaban J connectivity index is 2.47. The lowest BCUT2D eigenvalue weighted by atomic mass is 9.91. The van der Waals surface area contributed by atoms with Gasteiger partial charge in [0, 0.05) is 34.4 Å². The van der Waals surface area contributed by atoms with E-state index in [1.165, 1.54) is 7.11 Å². The van der Waals surface area contributed by atoms with Gasteiger partial charge < -0.3 is 18.8 Å². The molecule has 0 fully saturated rings. The van der Waals surface area contributed by atoms with Crippen LogP contribution in [0.25, 0.3) is 22.2 Å². The van der Waals surface area contributed by atoms with Gasteiger partial charge in [0.05, 0.1) is 19.8 Å². The van der Waals surface area contributed by atoms with E-state index in [0.29, 0.717) is 0 Å². The number of aryl methyl sites for hydroxylation is 3. The van der Waals surface area contributed by atoms with Crippen LogP contribution in [0.4, 0.5) is 0 Å². The summed E-state index contributed by atoms with van der Waals surface area (Å²) in [6.07, 6.45) is -0.904. The number of ether oxygens (including phenoxy) is 3. The molecular weight excluding hydrogens is 404 g/mol. The van der Waals surface area contributed by atoms with E-state index in [-0.39, 0.29) is 0 Å². The molecule has 0 aliphatic rings. The second-order valence-electron chi connectivity index (χ2n) is 9.00. The zero-order chi connectivity index (χ0) is 23.8. The molecule has 0 amide bonds. The molecular formula is C26H34N2O4. The third-order valence-electron chi connectivity index (χ3n) is 5.83. The van der Waals surface area contributed by atoms with Crippen LogP contribution in [0.3, 0.4) is 0 Å². The smallest absolute Gasteiger partial charge is 0.339 e. The summed E-state index contributed by atoms with van der Waals surface area (Å²) >= 11 is 0. The second-order valence-corrected chi connectivity index (χ2v) is 9.00. The maximum Gasteiger partial charge on any atom is 0.339 e. The number of pyridine rings is 1. The van der Waals surface area contributed by atoms with Gasteiger partial charge in [0.2, 0.25) is 0 Å². The first-order valence-corrected chi connectivity index (χ1v) is 10.9. The number of fused-ring (bicyclic) bond motifs is 1. The molecule has 0 saturated carbocycles. The molecule has 0 aliphatic heterocycles. The summed E-state index contributed by atoms with van der Waals surface area (Å²) in [6, 6.07) is 7.88. The lowest BCUT2D eigenvalue weighted by Gasteiger charge is -2.28. The Morgan fingerprint density at radius 1 is 1.09 bits per heavy atom. The van der Waals surface area contributed by atoms with E-state index in [2.05, 4.69) is 25.3 Å². The number of rotatable bonds is 6. The van der Waals surface area contributed by atoms with Crippen molar-refractivity contribution in [1.29, 1.82) is 0 Å². The van der Waals surface area contributed by atoms with Crippen LogP contribution < -0.4 is 4.74 Å². The molecule has 0 aliphatic carbocycles. The molecule has 0 spiro atoms. The number of aromatic nitrogens is 2. The molecule has 172 valence electrons.